The molecule has 2 aromatic heterocycles. The summed E-state index contributed by atoms with van der Waals surface area (Å²) in [5.74, 6) is 1.29. The van der Waals surface area contributed by atoms with Gasteiger partial charge in [0.2, 0.25) is 5.89 Å². The maximum absolute atomic E-state index is 11.9. The van der Waals surface area contributed by atoms with Crippen molar-refractivity contribution in [3.63, 3.8) is 0 Å². The quantitative estimate of drug-likeness (QED) is 0.799. The number of aryl methyl sites for hydroxylation is 2. The van der Waals surface area contributed by atoms with Gasteiger partial charge < -0.3 is 9.51 Å². The summed E-state index contributed by atoms with van der Waals surface area (Å²) < 4.78 is 30.9. The minimum Gasteiger partial charge on any atom is -0.338 e. The number of aromatic nitrogens is 4. The summed E-state index contributed by atoms with van der Waals surface area (Å²) in [7, 11) is -3.63. The van der Waals surface area contributed by atoms with Crippen LogP contribution in [0.15, 0.2) is 15.7 Å². The molecule has 8 nitrogen and oxygen atoms in total. The fraction of sp³-hybridized carbons (Fsp3) is 0.444. The molecule has 2 aromatic rings. The van der Waals surface area contributed by atoms with Gasteiger partial charge in [-0.05, 0) is 6.92 Å². The van der Waals surface area contributed by atoms with E-state index in [0.717, 1.165) is 0 Å². The number of nitrogens with one attached hydrogen (secondary N) is 2. The molecule has 0 unspecified atom stereocenters. The molecule has 0 bridgehead atoms. The summed E-state index contributed by atoms with van der Waals surface area (Å²) in [6, 6.07) is 0. The van der Waals surface area contributed by atoms with Crippen LogP contribution in [0.1, 0.15) is 24.5 Å². The number of imidazole rings is 1. The van der Waals surface area contributed by atoms with Crippen molar-refractivity contribution in [3.05, 3.63) is 23.7 Å². The van der Waals surface area contributed by atoms with E-state index in [9.17, 15) is 8.42 Å². The van der Waals surface area contributed by atoms with E-state index in [1.807, 2.05) is 6.92 Å². The molecular weight excluding hydrogens is 258 g/mol. The summed E-state index contributed by atoms with van der Waals surface area (Å²) in [4.78, 5) is 10.5. The van der Waals surface area contributed by atoms with Gasteiger partial charge in [0.05, 0.1) is 12.7 Å². The van der Waals surface area contributed by atoms with Crippen LogP contribution in [-0.2, 0) is 23.0 Å². The first-order chi connectivity index (χ1) is 8.51. The van der Waals surface area contributed by atoms with Crippen molar-refractivity contribution in [1.29, 1.82) is 0 Å². The molecule has 0 aliphatic rings. The lowest BCUT2D eigenvalue weighted by Gasteiger charge is -2.00. The molecule has 2 N–H and O–H groups in total. The van der Waals surface area contributed by atoms with Crippen molar-refractivity contribution >= 4 is 10.0 Å². The fourth-order valence-electron chi connectivity index (χ4n) is 1.31. The Bertz CT molecular complexity index is 630. The van der Waals surface area contributed by atoms with Crippen molar-refractivity contribution in [3.8, 4) is 0 Å². The summed E-state index contributed by atoms with van der Waals surface area (Å²) in [5, 5.41) is 3.59. The van der Waals surface area contributed by atoms with E-state index in [4.69, 9.17) is 4.52 Å². The van der Waals surface area contributed by atoms with Crippen LogP contribution in [0.25, 0.3) is 0 Å². The first-order valence-corrected chi connectivity index (χ1v) is 6.82. The predicted molar refractivity (Wildman–Crippen MR) is 61.0 cm³/mol. The van der Waals surface area contributed by atoms with Crippen molar-refractivity contribution < 1.29 is 12.9 Å². The van der Waals surface area contributed by atoms with Gasteiger partial charge in [-0.3, -0.25) is 0 Å². The van der Waals surface area contributed by atoms with Gasteiger partial charge in [0, 0.05) is 6.42 Å². The molecule has 2 heterocycles. The first-order valence-electron chi connectivity index (χ1n) is 5.34. The molecule has 0 atom stereocenters. The lowest BCUT2D eigenvalue weighted by atomic mass is 10.5. The first kappa shape index (κ1) is 12.7. The molecule has 0 radical (unpaired) electrons. The smallest absolute Gasteiger partial charge is 0.258 e. The molecule has 18 heavy (non-hydrogen) atoms. The average Bonchev–Trinajstić information content (AvgIpc) is 2.95. The van der Waals surface area contributed by atoms with E-state index < -0.39 is 10.0 Å². The zero-order valence-corrected chi connectivity index (χ0v) is 10.8. The van der Waals surface area contributed by atoms with Crippen LogP contribution in [0, 0.1) is 6.92 Å². The topological polar surface area (TPSA) is 114 Å². The average molecular weight is 271 g/mol. The summed E-state index contributed by atoms with van der Waals surface area (Å²) in [6.45, 7) is 3.48. The van der Waals surface area contributed by atoms with Crippen LogP contribution in [0.3, 0.4) is 0 Å². The summed E-state index contributed by atoms with van der Waals surface area (Å²) in [6.07, 6.45) is 1.92. The third-order valence-corrected chi connectivity index (χ3v) is 3.52. The van der Waals surface area contributed by atoms with E-state index in [0.29, 0.717) is 18.1 Å². The third-order valence-electron chi connectivity index (χ3n) is 2.21. The van der Waals surface area contributed by atoms with Crippen molar-refractivity contribution in [2.45, 2.75) is 31.8 Å². The van der Waals surface area contributed by atoms with E-state index in [2.05, 4.69) is 24.8 Å². The highest BCUT2D eigenvalue weighted by atomic mass is 32.2. The van der Waals surface area contributed by atoms with E-state index >= 15 is 0 Å². The van der Waals surface area contributed by atoms with Gasteiger partial charge in [0.1, 0.15) is 5.82 Å². The second kappa shape index (κ2) is 4.86. The summed E-state index contributed by atoms with van der Waals surface area (Å²) in [5.41, 5.74) is 0. The van der Waals surface area contributed by atoms with Gasteiger partial charge in [-0.25, -0.2) is 18.1 Å². The van der Waals surface area contributed by atoms with Crippen LogP contribution in [0.2, 0.25) is 0 Å². The Morgan fingerprint density at radius 2 is 2.28 bits per heavy atom. The summed E-state index contributed by atoms with van der Waals surface area (Å²) >= 11 is 0. The maximum Gasteiger partial charge on any atom is 0.258 e. The van der Waals surface area contributed by atoms with Crippen molar-refractivity contribution in [2.75, 3.05) is 0 Å². The predicted octanol–water partition coefficient (Wildman–Crippen LogP) is 0.142. The highest BCUT2D eigenvalue weighted by molar-refractivity contribution is 7.89. The van der Waals surface area contributed by atoms with E-state index in [-0.39, 0.29) is 17.5 Å². The zero-order valence-electron chi connectivity index (χ0n) is 9.97. The van der Waals surface area contributed by atoms with Crippen molar-refractivity contribution in [2.24, 2.45) is 0 Å². The Kier molecular flexibility index (Phi) is 3.43. The van der Waals surface area contributed by atoms with Gasteiger partial charge >= 0.3 is 0 Å². The molecule has 0 aliphatic carbocycles. The highest BCUT2D eigenvalue weighted by Crippen LogP contribution is 2.06. The second-order valence-corrected chi connectivity index (χ2v) is 5.34. The molecule has 0 fully saturated rings. The normalized spacial score (nSPS) is 11.9. The van der Waals surface area contributed by atoms with Crippen LogP contribution in [0.5, 0.6) is 0 Å². The Labute approximate surface area is 104 Å². The SMILES string of the molecule is CCc1ncc(S(=O)(=O)NCc2nc(C)no2)[nH]1. The molecule has 0 aromatic carbocycles. The number of hydrogen-bond donors (Lipinski definition) is 2. The Balaban J connectivity index is 2.07. The molecular formula is C9H13N5O3S. The van der Waals surface area contributed by atoms with Gasteiger partial charge in [-0.2, -0.15) is 4.98 Å². The third kappa shape index (κ3) is 2.74. The molecule has 0 amide bonds. The lowest BCUT2D eigenvalue weighted by molar-refractivity contribution is 0.372. The number of rotatable bonds is 5. The van der Waals surface area contributed by atoms with Crippen LogP contribution in [-0.4, -0.2) is 28.5 Å². The minimum atomic E-state index is -3.63. The van der Waals surface area contributed by atoms with Crippen LogP contribution in [0.4, 0.5) is 0 Å². The Hall–Kier alpha value is -1.74. The Morgan fingerprint density at radius 3 is 2.83 bits per heavy atom. The second-order valence-electron chi connectivity index (χ2n) is 3.61. The van der Waals surface area contributed by atoms with E-state index in [1.54, 1.807) is 6.92 Å². The molecule has 0 spiro atoms. The molecule has 2 rings (SSSR count). The number of H-pyrrole nitrogens is 1. The molecule has 98 valence electrons. The number of aromatic amines is 1. The van der Waals surface area contributed by atoms with Crippen LogP contribution < -0.4 is 4.72 Å². The lowest BCUT2D eigenvalue weighted by Crippen LogP contribution is -2.23. The number of sulfonamides is 1. The fourth-order valence-corrected chi connectivity index (χ4v) is 2.22. The van der Waals surface area contributed by atoms with Gasteiger partial charge in [-0.1, -0.05) is 12.1 Å². The molecule has 0 saturated heterocycles. The minimum absolute atomic E-state index is 0.0237. The van der Waals surface area contributed by atoms with Crippen LogP contribution >= 0.6 is 0 Å². The van der Waals surface area contributed by atoms with Gasteiger partial charge in [0.25, 0.3) is 10.0 Å². The number of nitrogens with zero attached hydrogens (tertiary/aromatic N) is 3. The van der Waals surface area contributed by atoms with E-state index in [1.165, 1.54) is 6.20 Å². The molecule has 0 saturated carbocycles. The maximum atomic E-state index is 11.9. The monoisotopic (exact) mass is 271 g/mol. The zero-order chi connectivity index (χ0) is 13.2. The van der Waals surface area contributed by atoms with Gasteiger partial charge in [-0.15, -0.1) is 0 Å². The largest absolute Gasteiger partial charge is 0.338 e. The Morgan fingerprint density at radius 1 is 1.50 bits per heavy atom. The van der Waals surface area contributed by atoms with Gasteiger partial charge in [0.15, 0.2) is 10.9 Å². The standard InChI is InChI=1S/C9H13N5O3S/c1-3-7-10-5-9(13-7)18(15,16)11-4-8-12-6(2)14-17-8/h5,11H,3-4H2,1-2H3,(H,10,13). The highest BCUT2D eigenvalue weighted by Gasteiger charge is 2.17. The molecule has 0 aliphatic heterocycles. The number of hydrogen-bond acceptors (Lipinski definition) is 6. The van der Waals surface area contributed by atoms with Crippen molar-refractivity contribution in [1.82, 2.24) is 24.8 Å². The molecule has 9 heteroatoms.